The molecule has 3 rings (SSSR count). The highest BCUT2D eigenvalue weighted by Gasteiger charge is 2.31. The number of carbonyl (C=O) groups excluding carboxylic acids is 4. The van der Waals surface area contributed by atoms with E-state index in [1.165, 1.54) is 27.7 Å². The van der Waals surface area contributed by atoms with Crippen LogP contribution in [0.1, 0.15) is 59.8 Å². The lowest BCUT2D eigenvalue weighted by atomic mass is 9.85. The Morgan fingerprint density at radius 2 is 1.09 bits per heavy atom. The van der Waals surface area contributed by atoms with Gasteiger partial charge < -0.3 is 28.4 Å². The second kappa shape index (κ2) is 17.1. The van der Waals surface area contributed by atoms with Crippen LogP contribution in [0.5, 0.6) is 0 Å². The van der Waals surface area contributed by atoms with Gasteiger partial charge in [-0.1, -0.05) is 30.1 Å². The molecule has 0 spiro atoms. The van der Waals surface area contributed by atoms with Crippen molar-refractivity contribution in [1.29, 1.82) is 0 Å². The number of ether oxygens (including phenoxy) is 6. The molecule has 0 saturated heterocycles. The molecular formula is C32H39ClO10. The van der Waals surface area contributed by atoms with Gasteiger partial charge in [-0.15, -0.1) is 11.6 Å². The van der Waals surface area contributed by atoms with Crippen molar-refractivity contribution in [1.82, 2.24) is 0 Å². The van der Waals surface area contributed by atoms with Crippen LogP contribution in [0.4, 0.5) is 0 Å². The van der Waals surface area contributed by atoms with E-state index in [2.05, 4.69) is 23.7 Å². The molecule has 0 aromatic heterocycles. The first-order chi connectivity index (χ1) is 20.5. The van der Waals surface area contributed by atoms with Crippen LogP contribution in [0.3, 0.4) is 0 Å². The average molecular weight is 619 g/mol. The summed E-state index contributed by atoms with van der Waals surface area (Å²) in [5.41, 5.74) is 0. The summed E-state index contributed by atoms with van der Waals surface area (Å²) in [5, 5.41) is -0.125. The molecule has 0 bridgehead atoms. The third-order valence-electron chi connectivity index (χ3n) is 6.88. The van der Waals surface area contributed by atoms with E-state index < -0.39 is 60.5 Å². The van der Waals surface area contributed by atoms with Crippen LogP contribution >= 0.6 is 11.6 Å². The molecule has 0 amide bonds. The van der Waals surface area contributed by atoms with Gasteiger partial charge in [-0.2, -0.15) is 0 Å². The molecule has 234 valence electrons. The molecule has 43 heavy (non-hydrogen) atoms. The Morgan fingerprint density at radius 1 is 0.674 bits per heavy atom. The standard InChI is InChI=1S/C32H39ClO10/c1-20(34)38-18-31-29(40-22(3)36)14-12-27(42-31)10-8-24-6-5-7-25(17-26(33)16-24)9-11-28-13-15-30(41-23(4)37)32(43-28)19-39-21(2)35/h12-15,24-32H,5-7,16-19H2,1-4H3/t24?,25?,26?,27-,28-,29+,30?,31-,32-/m1/s1. The maximum Gasteiger partial charge on any atom is 0.303 e. The number of halogens is 1. The minimum absolute atomic E-state index is 0.0489. The van der Waals surface area contributed by atoms with Gasteiger partial charge in [0.05, 0.1) is 0 Å². The molecule has 0 aromatic rings. The first kappa shape index (κ1) is 34.2. The molecule has 2 aliphatic heterocycles. The zero-order chi connectivity index (χ0) is 31.4. The summed E-state index contributed by atoms with van der Waals surface area (Å²) in [6.07, 6.45) is 7.24. The van der Waals surface area contributed by atoms with Crippen LogP contribution < -0.4 is 0 Å². The highest BCUT2D eigenvalue weighted by atomic mass is 35.5. The molecule has 1 aliphatic carbocycles. The Labute approximate surface area is 257 Å². The quantitative estimate of drug-likeness (QED) is 0.144. The van der Waals surface area contributed by atoms with Gasteiger partial charge in [-0.25, -0.2) is 0 Å². The second-order valence-electron chi connectivity index (χ2n) is 10.7. The third-order valence-corrected chi connectivity index (χ3v) is 7.23. The van der Waals surface area contributed by atoms with Crippen molar-refractivity contribution in [3.05, 3.63) is 24.3 Å². The first-order valence-electron chi connectivity index (χ1n) is 14.4. The molecule has 0 aromatic carbocycles. The smallest absolute Gasteiger partial charge is 0.303 e. The van der Waals surface area contributed by atoms with E-state index in [0.717, 1.165) is 19.3 Å². The van der Waals surface area contributed by atoms with Crippen molar-refractivity contribution in [2.75, 3.05) is 13.2 Å². The van der Waals surface area contributed by atoms with E-state index in [9.17, 15) is 19.2 Å². The lowest BCUT2D eigenvalue weighted by molar-refractivity contribution is -0.162. The molecule has 1 fully saturated rings. The maximum atomic E-state index is 11.4. The summed E-state index contributed by atoms with van der Waals surface area (Å²) in [7, 11) is 0. The van der Waals surface area contributed by atoms with Gasteiger partial charge >= 0.3 is 23.9 Å². The predicted octanol–water partition coefficient (Wildman–Crippen LogP) is 3.43. The van der Waals surface area contributed by atoms with Crippen molar-refractivity contribution < 1.29 is 47.6 Å². The second-order valence-corrected chi connectivity index (χ2v) is 11.3. The zero-order valence-electron chi connectivity index (χ0n) is 24.9. The molecule has 4 unspecified atom stereocenters. The van der Waals surface area contributed by atoms with Gasteiger partial charge in [-0.05, 0) is 50.0 Å². The fourth-order valence-electron chi connectivity index (χ4n) is 4.96. The van der Waals surface area contributed by atoms with Crippen LogP contribution in [0.2, 0.25) is 0 Å². The van der Waals surface area contributed by atoms with E-state index in [-0.39, 0.29) is 30.4 Å². The minimum Gasteiger partial charge on any atom is -0.463 e. The SMILES string of the molecule is CC(=O)OC[C@H]1O[C@H](C#CC2CCCC(C#C[C@@H]3C=C[C@H](OC(C)=O)[C@@H](COC(C)=O)O3)CC(Cl)C2)C=CC1OC(C)=O. The van der Waals surface area contributed by atoms with E-state index in [1.54, 1.807) is 24.3 Å². The van der Waals surface area contributed by atoms with Crippen molar-refractivity contribution in [3.8, 4) is 23.7 Å². The molecule has 2 heterocycles. The summed E-state index contributed by atoms with van der Waals surface area (Å²) in [6.45, 7) is 5.12. The van der Waals surface area contributed by atoms with E-state index in [0.29, 0.717) is 12.8 Å². The predicted molar refractivity (Wildman–Crippen MR) is 155 cm³/mol. The third kappa shape index (κ3) is 12.4. The fourth-order valence-corrected chi connectivity index (χ4v) is 5.39. The molecule has 0 radical (unpaired) electrons. The van der Waals surface area contributed by atoms with Gasteiger partial charge in [0.15, 0.2) is 0 Å². The number of hydrogen-bond acceptors (Lipinski definition) is 10. The number of hydrogen-bond donors (Lipinski definition) is 0. The number of rotatable bonds is 6. The normalized spacial score (nSPS) is 31.9. The molecule has 11 heteroatoms. The van der Waals surface area contributed by atoms with E-state index in [1.807, 2.05) is 0 Å². The van der Waals surface area contributed by atoms with E-state index in [4.69, 9.17) is 40.0 Å². The molecule has 9 atom stereocenters. The highest BCUT2D eigenvalue weighted by Crippen LogP contribution is 2.29. The minimum atomic E-state index is -0.661. The lowest BCUT2D eigenvalue weighted by Crippen LogP contribution is -2.41. The number of carbonyl (C=O) groups is 4. The van der Waals surface area contributed by atoms with Crippen LogP contribution in [0.15, 0.2) is 24.3 Å². The highest BCUT2D eigenvalue weighted by molar-refractivity contribution is 6.20. The van der Waals surface area contributed by atoms with E-state index >= 15 is 0 Å². The Morgan fingerprint density at radius 3 is 1.47 bits per heavy atom. The summed E-state index contributed by atoms with van der Waals surface area (Å²) < 4.78 is 32.6. The van der Waals surface area contributed by atoms with Crippen LogP contribution in [0, 0.1) is 35.5 Å². The van der Waals surface area contributed by atoms with Crippen LogP contribution in [-0.2, 0) is 47.6 Å². The van der Waals surface area contributed by atoms with Gasteiger partial charge in [0.2, 0.25) is 0 Å². The average Bonchev–Trinajstić information content (AvgIpc) is 2.92. The number of esters is 4. The topological polar surface area (TPSA) is 124 Å². The summed E-state index contributed by atoms with van der Waals surface area (Å²) >= 11 is 6.73. The lowest BCUT2D eigenvalue weighted by Gasteiger charge is -2.29. The number of alkyl halides is 1. The monoisotopic (exact) mass is 618 g/mol. The first-order valence-corrected chi connectivity index (χ1v) is 14.9. The Hall–Kier alpha value is -3.31. The summed E-state index contributed by atoms with van der Waals surface area (Å²) in [6, 6.07) is 0. The Kier molecular flexibility index (Phi) is 13.6. The van der Waals surface area contributed by atoms with Gasteiger partial charge in [-0.3, -0.25) is 19.2 Å². The maximum absolute atomic E-state index is 11.4. The Bertz CT molecular complexity index is 1100. The van der Waals surface area contributed by atoms with Crippen molar-refractivity contribution in [3.63, 3.8) is 0 Å². The molecule has 3 aliphatic rings. The summed E-state index contributed by atoms with van der Waals surface area (Å²) in [5.74, 6) is 11.3. The Balaban J connectivity index is 1.56. The largest absolute Gasteiger partial charge is 0.463 e. The summed E-state index contributed by atoms with van der Waals surface area (Å²) in [4.78, 5) is 45.4. The van der Waals surface area contributed by atoms with Crippen LogP contribution in [-0.4, -0.2) is 79.1 Å². The fraction of sp³-hybridized carbons (Fsp3) is 0.625. The molecule has 10 nitrogen and oxygen atoms in total. The molecule has 1 saturated carbocycles. The van der Waals surface area contributed by atoms with Crippen molar-refractivity contribution >= 4 is 35.5 Å². The van der Waals surface area contributed by atoms with Crippen LogP contribution in [0.25, 0.3) is 0 Å². The van der Waals surface area contributed by atoms with Gasteiger partial charge in [0.1, 0.15) is 49.8 Å². The molecule has 0 N–H and O–H groups in total. The zero-order valence-corrected chi connectivity index (χ0v) is 25.7. The van der Waals surface area contributed by atoms with Gasteiger partial charge in [0, 0.05) is 44.9 Å². The van der Waals surface area contributed by atoms with Crippen molar-refractivity contribution in [2.45, 2.75) is 102 Å². The van der Waals surface area contributed by atoms with Gasteiger partial charge in [0.25, 0.3) is 0 Å². The van der Waals surface area contributed by atoms with Crippen molar-refractivity contribution in [2.24, 2.45) is 11.8 Å². The molecular weight excluding hydrogens is 580 g/mol.